The number of aromatic amines is 1. The molecule has 122 valence electrons. The van der Waals surface area contributed by atoms with Crippen LogP contribution in [-0.2, 0) is 6.54 Å². The van der Waals surface area contributed by atoms with Crippen LogP contribution in [-0.4, -0.2) is 19.8 Å². The Balaban J connectivity index is 0.00000127. The van der Waals surface area contributed by atoms with E-state index in [2.05, 4.69) is 18.1 Å². The Morgan fingerprint density at radius 1 is 1.22 bits per heavy atom. The van der Waals surface area contributed by atoms with Crippen LogP contribution in [0, 0.1) is 0 Å². The number of H-pyrrole nitrogens is 1. The summed E-state index contributed by atoms with van der Waals surface area (Å²) in [6, 6.07) is 4.00. The van der Waals surface area contributed by atoms with Crippen LogP contribution >= 0.6 is 0 Å². The second-order valence-corrected chi connectivity index (χ2v) is 4.41. The predicted molar refractivity (Wildman–Crippen MR) is 91.0 cm³/mol. The molecule has 6 nitrogen and oxygen atoms in total. The molecule has 0 aliphatic carbocycles. The standard InChI is InChI=1S/C15H14N2O4.C2H6/c1-3-6-17-9(2)16-14(20)11(15(17)21)7-10-4-5-12(18)13(19)8-10;1-2/h3-5,7-8,18-19H,1-2,6H2,(H,16,20);1-2H3/b11-7-;. The fourth-order valence-corrected chi connectivity index (χ4v) is 1.88. The van der Waals surface area contributed by atoms with Crippen LogP contribution in [0.3, 0.4) is 0 Å². The van der Waals surface area contributed by atoms with E-state index in [0.29, 0.717) is 5.56 Å². The first-order valence-corrected chi connectivity index (χ1v) is 7.10. The van der Waals surface area contributed by atoms with Gasteiger partial charge in [0.05, 0.1) is 0 Å². The molecule has 0 amide bonds. The first kappa shape index (κ1) is 18.0. The van der Waals surface area contributed by atoms with E-state index in [1.54, 1.807) is 0 Å². The molecular formula is C17H20N2O4. The van der Waals surface area contributed by atoms with Gasteiger partial charge in [-0.15, -0.1) is 6.58 Å². The lowest BCUT2D eigenvalue weighted by atomic mass is 10.1. The van der Waals surface area contributed by atoms with Crippen LogP contribution in [0.15, 0.2) is 40.4 Å². The average Bonchev–Trinajstić information content (AvgIpc) is 2.53. The van der Waals surface area contributed by atoms with E-state index in [9.17, 15) is 19.8 Å². The molecule has 0 spiro atoms. The van der Waals surface area contributed by atoms with E-state index < -0.39 is 11.1 Å². The highest BCUT2D eigenvalue weighted by molar-refractivity contribution is 5.54. The van der Waals surface area contributed by atoms with E-state index >= 15 is 0 Å². The van der Waals surface area contributed by atoms with Crippen molar-refractivity contribution in [1.82, 2.24) is 9.55 Å². The molecule has 0 fully saturated rings. The molecular weight excluding hydrogens is 296 g/mol. The minimum atomic E-state index is -0.571. The fraction of sp³-hybridized carbons (Fsp3) is 0.176. The van der Waals surface area contributed by atoms with E-state index in [-0.39, 0.29) is 28.7 Å². The molecule has 0 unspecified atom stereocenters. The number of hydrogen-bond donors (Lipinski definition) is 3. The highest BCUT2D eigenvalue weighted by Gasteiger charge is 2.04. The molecule has 2 rings (SSSR count). The zero-order valence-corrected chi connectivity index (χ0v) is 13.2. The summed E-state index contributed by atoms with van der Waals surface area (Å²) in [5.74, 6) is -0.612. The Bertz CT molecular complexity index is 923. The van der Waals surface area contributed by atoms with E-state index in [0.717, 1.165) is 0 Å². The van der Waals surface area contributed by atoms with Gasteiger partial charge in [-0.05, 0) is 23.8 Å². The topological polar surface area (TPSA) is 95.3 Å². The van der Waals surface area contributed by atoms with Crippen molar-refractivity contribution in [1.29, 1.82) is 0 Å². The molecule has 0 bridgehead atoms. The van der Waals surface area contributed by atoms with Gasteiger partial charge in [-0.2, -0.15) is 0 Å². The molecule has 0 saturated heterocycles. The molecule has 0 aliphatic rings. The van der Waals surface area contributed by atoms with Gasteiger partial charge in [0, 0.05) is 6.54 Å². The number of phenols is 2. The van der Waals surface area contributed by atoms with Crippen molar-refractivity contribution < 1.29 is 10.2 Å². The first-order valence-electron chi connectivity index (χ1n) is 7.10. The van der Waals surface area contributed by atoms with Gasteiger partial charge in [-0.25, -0.2) is 0 Å². The van der Waals surface area contributed by atoms with Gasteiger partial charge in [0.1, 0.15) is 10.7 Å². The van der Waals surface area contributed by atoms with Crippen molar-refractivity contribution in [2.24, 2.45) is 0 Å². The summed E-state index contributed by atoms with van der Waals surface area (Å²) in [5.41, 5.74) is -0.473. The number of hydrogen-bond acceptors (Lipinski definition) is 4. The molecule has 1 aromatic carbocycles. The summed E-state index contributed by atoms with van der Waals surface area (Å²) >= 11 is 0. The molecule has 0 atom stereocenters. The maximum Gasteiger partial charge on any atom is 0.265 e. The second-order valence-electron chi connectivity index (χ2n) is 4.41. The van der Waals surface area contributed by atoms with Crippen molar-refractivity contribution in [3.63, 3.8) is 0 Å². The maximum atomic E-state index is 12.3. The highest BCUT2D eigenvalue weighted by Crippen LogP contribution is 2.24. The Labute approximate surface area is 133 Å². The largest absolute Gasteiger partial charge is 0.504 e. The van der Waals surface area contributed by atoms with Crippen molar-refractivity contribution in [2.45, 2.75) is 20.4 Å². The lowest BCUT2D eigenvalue weighted by Gasteiger charge is -2.02. The number of rotatable bonds is 3. The minimum Gasteiger partial charge on any atom is -0.504 e. The van der Waals surface area contributed by atoms with Crippen molar-refractivity contribution in [3.05, 3.63) is 67.8 Å². The average molecular weight is 316 g/mol. The fourth-order valence-electron chi connectivity index (χ4n) is 1.88. The van der Waals surface area contributed by atoms with Gasteiger partial charge in [0.25, 0.3) is 11.1 Å². The summed E-state index contributed by atoms with van der Waals surface area (Å²) in [5, 5.41) is 18.6. The summed E-state index contributed by atoms with van der Waals surface area (Å²) in [7, 11) is 0. The Morgan fingerprint density at radius 2 is 1.87 bits per heavy atom. The van der Waals surface area contributed by atoms with Crippen LogP contribution < -0.4 is 21.8 Å². The molecule has 0 aliphatic heterocycles. The summed E-state index contributed by atoms with van der Waals surface area (Å²) in [6.45, 7) is 11.4. The lowest BCUT2D eigenvalue weighted by molar-refractivity contribution is 0.403. The van der Waals surface area contributed by atoms with Crippen LogP contribution in [0.5, 0.6) is 11.5 Å². The molecule has 1 aromatic heterocycles. The van der Waals surface area contributed by atoms with Gasteiger partial charge in [0.2, 0.25) is 0 Å². The third kappa shape index (κ3) is 4.00. The molecule has 3 N–H and O–H groups in total. The van der Waals surface area contributed by atoms with Gasteiger partial charge in [-0.3, -0.25) is 14.2 Å². The Morgan fingerprint density at radius 3 is 2.43 bits per heavy atom. The minimum absolute atomic E-state index is 0.0886. The quantitative estimate of drug-likeness (QED) is 0.564. The molecule has 23 heavy (non-hydrogen) atoms. The first-order chi connectivity index (χ1) is 10.9. The normalized spacial score (nSPS) is 10.8. The van der Waals surface area contributed by atoms with Crippen LogP contribution in [0.4, 0.5) is 0 Å². The van der Waals surface area contributed by atoms with Crippen molar-refractivity contribution >= 4 is 12.7 Å². The number of aromatic nitrogens is 2. The molecule has 1 heterocycles. The smallest absolute Gasteiger partial charge is 0.265 e. The lowest BCUT2D eigenvalue weighted by Crippen LogP contribution is -2.53. The number of benzene rings is 1. The molecule has 0 radical (unpaired) electrons. The predicted octanol–water partition coefficient (Wildman–Crippen LogP) is 0.399. The third-order valence-corrected chi connectivity index (χ3v) is 2.93. The highest BCUT2D eigenvalue weighted by atomic mass is 16.3. The monoisotopic (exact) mass is 316 g/mol. The third-order valence-electron chi connectivity index (χ3n) is 2.93. The number of nitrogens with one attached hydrogen (secondary N) is 1. The molecule has 2 aromatic rings. The van der Waals surface area contributed by atoms with Crippen molar-refractivity contribution in [2.75, 3.05) is 0 Å². The van der Waals surface area contributed by atoms with Crippen LogP contribution in [0.2, 0.25) is 0 Å². The number of phenolic OH excluding ortho intramolecular Hbond substituents is 2. The molecule has 6 heteroatoms. The van der Waals surface area contributed by atoms with Gasteiger partial charge < -0.3 is 15.2 Å². The second kappa shape index (κ2) is 7.84. The molecule has 0 saturated carbocycles. The summed E-state index contributed by atoms with van der Waals surface area (Å²) in [4.78, 5) is 26.6. The number of allylic oxidation sites excluding steroid dienone is 1. The van der Waals surface area contributed by atoms with E-state index in [1.165, 1.54) is 34.9 Å². The Kier molecular flexibility index (Phi) is 6.14. The SMILES string of the molecule is C=CCn1c(=C)[nH]c(=O)/c(=C/c2ccc(O)c(O)c2)c1=O.CC. The van der Waals surface area contributed by atoms with Crippen LogP contribution in [0.1, 0.15) is 19.4 Å². The summed E-state index contributed by atoms with van der Waals surface area (Å²) < 4.78 is 1.28. The zero-order chi connectivity index (χ0) is 17.6. The number of nitrogens with zero attached hydrogens (tertiary/aromatic N) is 1. The van der Waals surface area contributed by atoms with Gasteiger partial charge in [0.15, 0.2) is 11.5 Å². The van der Waals surface area contributed by atoms with Crippen LogP contribution in [0.25, 0.3) is 12.7 Å². The summed E-state index contributed by atoms with van der Waals surface area (Å²) in [6.07, 6.45) is 2.85. The van der Waals surface area contributed by atoms with E-state index in [4.69, 9.17) is 0 Å². The van der Waals surface area contributed by atoms with Gasteiger partial charge >= 0.3 is 0 Å². The van der Waals surface area contributed by atoms with E-state index in [1.807, 2.05) is 13.8 Å². The Hall–Kier alpha value is -3.02. The number of aromatic hydroxyl groups is 2. The zero-order valence-electron chi connectivity index (χ0n) is 13.2. The van der Waals surface area contributed by atoms with Crippen molar-refractivity contribution in [3.8, 4) is 11.5 Å². The maximum absolute atomic E-state index is 12.3. The van der Waals surface area contributed by atoms with Gasteiger partial charge in [-0.1, -0.05) is 32.6 Å².